The van der Waals surface area contributed by atoms with Gasteiger partial charge < -0.3 is 5.32 Å². The van der Waals surface area contributed by atoms with Gasteiger partial charge in [0.15, 0.2) is 0 Å². The van der Waals surface area contributed by atoms with E-state index in [1.807, 2.05) is 6.07 Å². The summed E-state index contributed by atoms with van der Waals surface area (Å²) in [6.07, 6.45) is 2.05. The number of benzene rings is 1. The standard InChI is InChI=1S/C13H17NO/c1-9(2)11-6-5-10-4-3-7-14-13(15)12(10)8-11/h5-6,8-9H,3-4,7H2,1-2H3,(H,14,15). The Bertz CT molecular complexity index is 382. The molecule has 2 nitrogen and oxygen atoms in total. The van der Waals surface area contributed by atoms with Crippen molar-refractivity contribution in [3.8, 4) is 0 Å². The van der Waals surface area contributed by atoms with Crippen LogP contribution in [0.25, 0.3) is 0 Å². The third kappa shape index (κ3) is 2.04. The van der Waals surface area contributed by atoms with Gasteiger partial charge in [0, 0.05) is 12.1 Å². The van der Waals surface area contributed by atoms with Gasteiger partial charge in [-0.1, -0.05) is 26.0 Å². The molecule has 0 radical (unpaired) electrons. The Morgan fingerprint density at radius 3 is 2.87 bits per heavy atom. The lowest BCUT2D eigenvalue weighted by atomic mass is 9.96. The van der Waals surface area contributed by atoms with Gasteiger partial charge in [0.25, 0.3) is 5.91 Å². The van der Waals surface area contributed by atoms with Crippen LogP contribution in [0.2, 0.25) is 0 Å². The molecule has 1 aromatic rings. The molecule has 0 saturated heterocycles. The van der Waals surface area contributed by atoms with Crippen LogP contribution in [0.15, 0.2) is 18.2 Å². The van der Waals surface area contributed by atoms with Crippen LogP contribution in [-0.4, -0.2) is 12.5 Å². The molecule has 80 valence electrons. The molecule has 0 unspecified atom stereocenters. The monoisotopic (exact) mass is 203 g/mol. The zero-order valence-corrected chi connectivity index (χ0v) is 9.34. The van der Waals surface area contributed by atoms with E-state index in [2.05, 4.69) is 31.3 Å². The SMILES string of the molecule is CC(C)c1ccc2c(c1)C(=O)NCCC2. The molecule has 1 aliphatic rings. The zero-order valence-electron chi connectivity index (χ0n) is 9.34. The Morgan fingerprint density at radius 1 is 1.33 bits per heavy atom. The molecule has 0 aliphatic carbocycles. The quantitative estimate of drug-likeness (QED) is 0.746. The third-order valence-electron chi connectivity index (χ3n) is 2.95. The van der Waals surface area contributed by atoms with Crippen molar-refractivity contribution in [2.24, 2.45) is 0 Å². The highest BCUT2D eigenvalue weighted by Gasteiger charge is 2.15. The fourth-order valence-corrected chi connectivity index (χ4v) is 1.96. The molecule has 2 heteroatoms. The lowest BCUT2D eigenvalue weighted by Crippen LogP contribution is -2.22. The highest BCUT2D eigenvalue weighted by molar-refractivity contribution is 5.96. The van der Waals surface area contributed by atoms with Crippen LogP contribution in [0.4, 0.5) is 0 Å². The van der Waals surface area contributed by atoms with E-state index in [-0.39, 0.29) is 5.91 Å². The second kappa shape index (κ2) is 4.05. The van der Waals surface area contributed by atoms with Gasteiger partial charge in [-0.2, -0.15) is 0 Å². The predicted molar refractivity (Wildman–Crippen MR) is 61.2 cm³/mol. The van der Waals surface area contributed by atoms with Gasteiger partial charge in [0.1, 0.15) is 0 Å². The Labute approximate surface area is 90.7 Å². The van der Waals surface area contributed by atoms with E-state index in [0.29, 0.717) is 5.92 Å². The molecule has 1 aliphatic heterocycles. The second-order valence-corrected chi connectivity index (χ2v) is 4.43. The van der Waals surface area contributed by atoms with Crippen LogP contribution in [0.3, 0.4) is 0 Å². The first kappa shape index (κ1) is 10.2. The minimum atomic E-state index is 0.0880. The molecule has 1 heterocycles. The molecule has 0 atom stereocenters. The van der Waals surface area contributed by atoms with E-state index in [1.165, 1.54) is 11.1 Å². The maximum atomic E-state index is 11.8. The molecule has 0 fully saturated rings. The summed E-state index contributed by atoms with van der Waals surface area (Å²) in [5, 5.41) is 2.93. The first-order valence-corrected chi connectivity index (χ1v) is 5.59. The van der Waals surface area contributed by atoms with Crippen LogP contribution in [0, 0.1) is 0 Å². The average Bonchev–Trinajstić information content (AvgIpc) is 2.40. The second-order valence-electron chi connectivity index (χ2n) is 4.43. The molecule has 15 heavy (non-hydrogen) atoms. The van der Waals surface area contributed by atoms with Crippen molar-refractivity contribution in [3.63, 3.8) is 0 Å². The van der Waals surface area contributed by atoms with E-state index < -0.39 is 0 Å². The Kier molecular flexibility index (Phi) is 2.76. The van der Waals surface area contributed by atoms with E-state index in [0.717, 1.165) is 24.9 Å². The van der Waals surface area contributed by atoms with E-state index in [1.54, 1.807) is 0 Å². The van der Waals surface area contributed by atoms with Gasteiger partial charge in [-0.15, -0.1) is 0 Å². The van der Waals surface area contributed by atoms with Crippen LogP contribution in [-0.2, 0) is 6.42 Å². The molecule has 1 aromatic carbocycles. The van der Waals surface area contributed by atoms with Gasteiger partial charge >= 0.3 is 0 Å². The number of nitrogens with one attached hydrogen (secondary N) is 1. The number of rotatable bonds is 1. The molecule has 0 bridgehead atoms. The van der Waals surface area contributed by atoms with Crippen LogP contribution >= 0.6 is 0 Å². The highest BCUT2D eigenvalue weighted by Crippen LogP contribution is 2.21. The summed E-state index contributed by atoms with van der Waals surface area (Å²) in [5.74, 6) is 0.566. The summed E-state index contributed by atoms with van der Waals surface area (Å²) in [4.78, 5) is 11.8. The summed E-state index contributed by atoms with van der Waals surface area (Å²) < 4.78 is 0. The largest absolute Gasteiger partial charge is 0.352 e. The van der Waals surface area contributed by atoms with Gasteiger partial charge in [0.2, 0.25) is 0 Å². The Morgan fingerprint density at radius 2 is 2.13 bits per heavy atom. The van der Waals surface area contributed by atoms with Crippen molar-refractivity contribution in [1.29, 1.82) is 0 Å². The highest BCUT2D eigenvalue weighted by atomic mass is 16.1. The molecular formula is C13H17NO. The Balaban J connectivity index is 2.44. The average molecular weight is 203 g/mol. The molecule has 2 rings (SSSR count). The topological polar surface area (TPSA) is 29.1 Å². The number of aryl methyl sites for hydroxylation is 1. The van der Waals surface area contributed by atoms with Gasteiger partial charge in [-0.3, -0.25) is 4.79 Å². The van der Waals surface area contributed by atoms with E-state index in [4.69, 9.17) is 0 Å². The number of hydrogen-bond acceptors (Lipinski definition) is 1. The summed E-state index contributed by atoms with van der Waals surface area (Å²) >= 11 is 0. The van der Waals surface area contributed by atoms with E-state index in [9.17, 15) is 4.79 Å². The normalized spacial score (nSPS) is 15.8. The Hall–Kier alpha value is -1.31. The minimum Gasteiger partial charge on any atom is -0.352 e. The van der Waals surface area contributed by atoms with Crippen molar-refractivity contribution in [2.75, 3.05) is 6.54 Å². The number of fused-ring (bicyclic) bond motifs is 1. The van der Waals surface area contributed by atoms with Gasteiger partial charge in [-0.25, -0.2) is 0 Å². The van der Waals surface area contributed by atoms with Gasteiger partial charge in [0.05, 0.1) is 0 Å². The summed E-state index contributed by atoms with van der Waals surface area (Å²) in [7, 11) is 0. The summed E-state index contributed by atoms with van der Waals surface area (Å²) in [6, 6.07) is 6.29. The predicted octanol–water partition coefficient (Wildman–Crippen LogP) is 2.49. The lowest BCUT2D eigenvalue weighted by Gasteiger charge is -2.10. The molecule has 0 spiro atoms. The molecule has 1 N–H and O–H groups in total. The number of carbonyl (C=O) groups is 1. The molecule has 1 amide bonds. The van der Waals surface area contributed by atoms with Crippen LogP contribution in [0.1, 0.15) is 47.7 Å². The van der Waals surface area contributed by atoms with Crippen molar-refractivity contribution < 1.29 is 4.79 Å². The molecule has 0 saturated carbocycles. The number of hydrogen-bond donors (Lipinski definition) is 1. The fourth-order valence-electron chi connectivity index (χ4n) is 1.96. The fraction of sp³-hybridized carbons (Fsp3) is 0.462. The number of carbonyl (C=O) groups excluding carboxylic acids is 1. The zero-order chi connectivity index (χ0) is 10.8. The first-order chi connectivity index (χ1) is 7.18. The first-order valence-electron chi connectivity index (χ1n) is 5.59. The number of amides is 1. The third-order valence-corrected chi connectivity index (χ3v) is 2.95. The lowest BCUT2D eigenvalue weighted by molar-refractivity contribution is 0.0956. The van der Waals surface area contributed by atoms with Gasteiger partial charge in [-0.05, 0) is 36.0 Å². The molecular weight excluding hydrogens is 186 g/mol. The smallest absolute Gasteiger partial charge is 0.251 e. The minimum absolute atomic E-state index is 0.0880. The maximum Gasteiger partial charge on any atom is 0.251 e. The van der Waals surface area contributed by atoms with Crippen molar-refractivity contribution >= 4 is 5.91 Å². The van der Waals surface area contributed by atoms with Crippen molar-refractivity contribution in [2.45, 2.75) is 32.6 Å². The van der Waals surface area contributed by atoms with Crippen molar-refractivity contribution in [1.82, 2.24) is 5.32 Å². The van der Waals surface area contributed by atoms with Crippen LogP contribution in [0.5, 0.6) is 0 Å². The molecule has 0 aromatic heterocycles. The van der Waals surface area contributed by atoms with Crippen molar-refractivity contribution in [3.05, 3.63) is 34.9 Å². The van der Waals surface area contributed by atoms with Crippen LogP contribution < -0.4 is 5.32 Å². The van der Waals surface area contributed by atoms with E-state index >= 15 is 0 Å². The summed E-state index contributed by atoms with van der Waals surface area (Å²) in [5.41, 5.74) is 3.30. The maximum absolute atomic E-state index is 11.8. The summed E-state index contributed by atoms with van der Waals surface area (Å²) in [6.45, 7) is 5.09.